The average Bonchev–Trinajstić information content (AvgIpc) is 3.33. The number of nitriles is 1. The lowest BCUT2D eigenvalue weighted by Gasteiger charge is -2.37. The summed E-state index contributed by atoms with van der Waals surface area (Å²) in [6.07, 6.45) is 3.56. The SMILES string of the molecule is Cc1ncc(C2=C(C#N)c3c(N4CCN(C(=O)OC5COC5)CC4)ccnc3C2)o1. The molecule has 0 N–H and O–H groups in total. The van der Waals surface area contributed by atoms with Crippen LogP contribution >= 0.6 is 0 Å². The van der Waals surface area contributed by atoms with Gasteiger partial charge in [0, 0.05) is 62.5 Å². The molecule has 2 fully saturated rings. The van der Waals surface area contributed by atoms with E-state index in [4.69, 9.17) is 13.9 Å². The number of nitrogens with zero attached hydrogens (tertiary/aromatic N) is 5. The average molecular weight is 407 g/mol. The van der Waals surface area contributed by atoms with Gasteiger partial charge in [-0.15, -0.1) is 0 Å². The number of rotatable bonds is 3. The molecular weight excluding hydrogens is 386 g/mol. The zero-order valence-electron chi connectivity index (χ0n) is 16.6. The van der Waals surface area contributed by atoms with Crippen molar-refractivity contribution < 1.29 is 18.7 Å². The number of piperazine rings is 1. The Hall–Kier alpha value is -3.38. The minimum absolute atomic E-state index is 0.125. The van der Waals surface area contributed by atoms with E-state index in [1.807, 2.05) is 6.07 Å². The number of fused-ring (bicyclic) bond motifs is 1. The second-order valence-electron chi connectivity index (χ2n) is 7.55. The van der Waals surface area contributed by atoms with Crippen LogP contribution in [0.1, 0.15) is 22.9 Å². The van der Waals surface area contributed by atoms with Crippen LogP contribution in [0.5, 0.6) is 0 Å². The number of carbonyl (C=O) groups is 1. The number of ether oxygens (including phenoxy) is 2. The van der Waals surface area contributed by atoms with Gasteiger partial charge in [-0.1, -0.05) is 0 Å². The van der Waals surface area contributed by atoms with Crippen molar-refractivity contribution in [3.63, 3.8) is 0 Å². The Bertz CT molecular complexity index is 1060. The van der Waals surface area contributed by atoms with Crippen molar-refractivity contribution in [1.82, 2.24) is 14.9 Å². The lowest BCUT2D eigenvalue weighted by Crippen LogP contribution is -2.51. The summed E-state index contributed by atoms with van der Waals surface area (Å²) in [5, 5.41) is 9.91. The minimum Gasteiger partial charge on any atom is -0.441 e. The van der Waals surface area contributed by atoms with E-state index in [-0.39, 0.29) is 12.2 Å². The molecule has 0 aromatic carbocycles. The molecule has 2 saturated heterocycles. The summed E-state index contributed by atoms with van der Waals surface area (Å²) in [6.45, 7) is 5.16. The molecule has 0 atom stereocenters. The van der Waals surface area contributed by atoms with Gasteiger partial charge in [-0.3, -0.25) is 4.98 Å². The standard InChI is InChI=1S/C21H21N5O4/c1-13-24-10-19(29-13)15-8-17-20(16(15)9-22)18(2-3-23-17)25-4-6-26(7-5-25)21(27)30-14-11-28-12-14/h2-3,10,14H,4-8,11-12H2,1H3. The summed E-state index contributed by atoms with van der Waals surface area (Å²) in [4.78, 5) is 24.9. The van der Waals surface area contributed by atoms with Gasteiger partial charge in [0.15, 0.2) is 17.8 Å². The molecule has 0 unspecified atom stereocenters. The van der Waals surface area contributed by atoms with Crippen LogP contribution in [0.25, 0.3) is 11.1 Å². The Morgan fingerprint density at radius 3 is 2.70 bits per heavy atom. The summed E-state index contributed by atoms with van der Waals surface area (Å²) in [7, 11) is 0. The molecule has 4 heterocycles. The van der Waals surface area contributed by atoms with E-state index in [0.29, 0.717) is 63.0 Å². The molecule has 154 valence electrons. The van der Waals surface area contributed by atoms with Crippen molar-refractivity contribution in [2.75, 3.05) is 44.3 Å². The molecular formula is C21H21N5O4. The molecule has 1 amide bonds. The molecule has 0 saturated carbocycles. The van der Waals surface area contributed by atoms with Crippen molar-refractivity contribution >= 4 is 22.9 Å². The Morgan fingerprint density at radius 2 is 2.07 bits per heavy atom. The molecule has 1 aliphatic carbocycles. The van der Waals surface area contributed by atoms with Crippen molar-refractivity contribution in [1.29, 1.82) is 5.26 Å². The largest absolute Gasteiger partial charge is 0.441 e. The molecule has 2 aromatic rings. The molecule has 9 heteroatoms. The van der Waals surface area contributed by atoms with E-state index in [1.54, 1.807) is 24.2 Å². The number of aromatic nitrogens is 2. The first-order valence-corrected chi connectivity index (χ1v) is 9.96. The molecule has 0 spiro atoms. The van der Waals surface area contributed by atoms with Gasteiger partial charge in [0.05, 0.1) is 30.7 Å². The second-order valence-corrected chi connectivity index (χ2v) is 7.55. The van der Waals surface area contributed by atoms with Gasteiger partial charge < -0.3 is 23.7 Å². The highest BCUT2D eigenvalue weighted by Crippen LogP contribution is 2.42. The summed E-state index contributed by atoms with van der Waals surface area (Å²) in [5.41, 5.74) is 4.07. The summed E-state index contributed by atoms with van der Waals surface area (Å²) in [5.74, 6) is 1.18. The predicted octanol–water partition coefficient (Wildman–Crippen LogP) is 2.03. The topological polar surface area (TPSA) is 105 Å². The highest BCUT2D eigenvalue weighted by atomic mass is 16.6. The maximum absolute atomic E-state index is 12.3. The van der Waals surface area contributed by atoms with Gasteiger partial charge in [0.1, 0.15) is 6.07 Å². The zero-order chi connectivity index (χ0) is 20.7. The van der Waals surface area contributed by atoms with Gasteiger partial charge in [0.2, 0.25) is 0 Å². The third-order valence-corrected chi connectivity index (χ3v) is 5.69. The highest BCUT2D eigenvalue weighted by molar-refractivity contribution is 6.04. The monoisotopic (exact) mass is 407 g/mol. The van der Waals surface area contributed by atoms with Crippen molar-refractivity contribution in [3.05, 3.63) is 41.4 Å². The Kier molecular flexibility index (Phi) is 4.64. The fraction of sp³-hybridized carbons (Fsp3) is 0.429. The molecule has 2 aromatic heterocycles. The Morgan fingerprint density at radius 1 is 1.27 bits per heavy atom. The number of hydrogen-bond acceptors (Lipinski definition) is 8. The molecule has 3 aliphatic rings. The fourth-order valence-electron chi connectivity index (χ4n) is 4.03. The van der Waals surface area contributed by atoms with Crippen LogP contribution in [0.4, 0.5) is 10.5 Å². The van der Waals surface area contributed by atoms with Gasteiger partial charge in [-0.25, -0.2) is 9.78 Å². The molecule has 0 bridgehead atoms. The van der Waals surface area contributed by atoms with Crippen LogP contribution in [-0.2, 0) is 15.9 Å². The highest BCUT2D eigenvalue weighted by Gasteiger charge is 2.32. The summed E-state index contributed by atoms with van der Waals surface area (Å²) in [6, 6.07) is 4.28. The molecule has 30 heavy (non-hydrogen) atoms. The van der Waals surface area contributed by atoms with Crippen LogP contribution in [0.3, 0.4) is 0 Å². The first-order valence-electron chi connectivity index (χ1n) is 9.96. The summed E-state index contributed by atoms with van der Waals surface area (Å²) >= 11 is 0. The number of amides is 1. The van der Waals surface area contributed by atoms with Gasteiger partial charge in [-0.2, -0.15) is 5.26 Å². The lowest BCUT2D eigenvalue weighted by molar-refractivity contribution is -0.104. The number of pyridine rings is 1. The number of allylic oxidation sites excluding steroid dienone is 2. The first kappa shape index (κ1) is 18.6. The Labute approximate surface area is 173 Å². The van der Waals surface area contributed by atoms with E-state index >= 15 is 0 Å². The van der Waals surface area contributed by atoms with Crippen molar-refractivity contribution in [3.8, 4) is 6.07 Å². The van der Waals surface area contributed by atoms with E-state index in [1.165, 1.54) is 0 Å². The molecule has 2 aliphatic heterocycles. The van der Waals surface area contributed by atoms with Crippen LogP contribution in [0, 0.1) is 18.3 Å². The van der Waals surface area contributed by atoms with Crippen molar-refractivity contribution in [2.45, 2.75) is 19.4 Å². The van der Waals surface area contributed by atoms with Gasteiger partial charge >= 0.3 is 6.09 Å². The Balaban J connectivity index is 1.36. The van der Waals surface area contributed by atoms with Crippen LogP contribution in [0.2, 0.25) is 0 Å². The van der Waals surface area contributed by atoms with Crippen molar-refractivity contribution in [2.24, 2.45) is 0 Å². The number of aryl methyl sites for hydroxylation is 1. The number of oxazole rings is 1. The number of hydrogen-bond donors (Lipinski definition) is 0. The second kappa shape index (κ2) is 7.46. The van der Waals surface area contributed by atoms with E-state index < -0.39 is 0 Å². The normalized spacial score (nSPS) is 18.8. The van der Waals surface area contributed by atoms with Crippen LogP contribution < -0.4 is 4.90 Å². The van der Waals surface area contributed by atoms with Gasteiger partial charge in [0.25, 0.3) is 0 Å². The van der Waals surface area contributed by atoms with Crippen LogP contribution in [-0.4, -0.2) is 66.5 Å². The summed E-state index contributed by atoms with van der Waals surface area (Å²) < 4.78 is 16.1. The smallest absolute Gasteiger partial charge is 0.410 e. The van der Waals surface area contributed by atoms with Gasteiger partial charge in [-0.05, 0) is 6.07 Å². The predicted molar refractivity (Wildman–Crippen MR) is 106 cm³/mol. The third-order valence-electron chi connectivity index (χ3n) is 5.69. The molecule has 5 rings (SSSR count). The maximum Gasteiger partial charge on any atom is 0.410 e. The molecule has 9 nitrogen and oxygen atoms in total. The zero-order valence-corrected chi connectivity index (χ0v) is 16.6. The number of carbonyl (C=O) groups excluding carboxylic acids is 1. The lowest BCUT2D eigenvalue weighted by atomic mass is 10.0. The minimum atomic E-state index is -0.288. The van der Waals surface area contributed by atoms with E-state index in [0.717, 1.165) is 22.5 Å². The maximum atomic E-state index is 12.3. The van der Waals surface area contributed by atoms with E-state index in [9.17, 15) is 10.1 Å². The first-order chi connectivity index (χ1) is 14.6. The number of anilines is 1. The third kappa shape index (κ3) is 3.19. The van der Waals surface area contributed by atoms with E-state index in [2.05, 4.69) is 20.9 Å². The fourth-order valence-corrected chi connectivity index (χ4v) is 4.03. The quantitative estimate of drug-likeness (QED) is 0.761. The molecule has 0 radical (unpaired) electrons. The van der Waals surface area contributed by atoms with Crippen LogP contribution in [0.15, 0.2) is 22.9 Å².